The van der Waals surface area contributed by atoms with Gasteiger partial charge in [-0.15, -0.1) is 0 Å². The number of benzene rings is 3. The van der Waals surface area contributed by atoms with Gasteiger partial charge in [-0.3, -0.25) is 0 Å². The van der Waals surface area contributed by atoms with Crippen LogP contribution in [0.1, 0.15) is 27.8 Å². The van der Waals surface area contributed by atoms with Crippen LogP contribution >= 0.6 is 0 Å². The van der Waals surface area contributed by atoms with E-state index in [0.717, 1.165) is 22.3 Å². The third kappa shape index (κ3) is 4.95. The van der Waals surface area contributed by atoms with Gasteiger partial charge in [-0.25, -0.2) is 0 Å². The normalized spacial score (nSPS) is 11.0. The van der Waals surface area contributed by atoms with E-state index in [-0.39, 0.29) is 0 Å². The Morgan fingerprint density at radius 1 is 0.893 bits per heavy atom. The molecule has 28 heavy (non-hydrogen) atoms. The molecule has 0 radical (unpaired) electrons. The molecule has 1 N–H and O–H groups in total. The predicted octanol–water partition coefficient (Wildman–Crippen LogP) is 5.85. The van der Waals surface area contributed by atoms with Crippen LogP contribution in [0.3, 0.4) is 0 Å². The summed E-state index contributed by atoms with van der Waals surface area (Å²) in [6, 6.07) is 19.8. The van der Waals surface area contributed by atoms with Crippen molar-refractivity contribution in [3.8, 4) is 17.2 Å². The second-order valence-electron chi connectivity index (χ2n) is 6.86. The van der Waals surface area contributed by atoms with E-state index in [2.05, 4.69) is 6.92 Å². The van der Waals surface area contributed by atoms with Crippen molar-refractivity contribution in [2.45, 2.75) is 26.9 Å². The smallest absolute Gasteiger partial charge is 0.162 e. The third-order valence-corrected chi connectivity index (χ3v) is 4.77. The molecule has 0 heterocycles. The van der Waals surface area contributed by atoms with E-state index >= 15 is 0 Å². The second-order valence-corrected chi connectivity index (χ2v) is 6.86. The monoisotopic (exact) mass is 374 g/mol. The molecule has 0 aromatic heterocycles. The lowest BCUT2D eigenvalue weighted by atomic mass is 10.0. The SMILES string of the molecule is COc1ccc(/C=C/Cc2cc(C)c(C)cc2O)cc1OCc1ccccc1. The maximum Gasteiger partial charge on any atom is 0.162 e. The molecular weight excluding hydrogens is 348 g/mol. The van der Waals surface area contributed by atoms with Gasteiger partial charge < -0.3 is 14.6 Å². The molecule has 3 rings (SSSR count). The Kier molecular flexibility index (Phi) is 6.38. The van der Waals surface area contributed by atoms with Gasteiger partial charge in [-0.05, 0) is 66.3 Å². The van der Waals surface area contributed by atoms with E-state index in [4.69, 9.17) is 9.47 Å². The number of phenols is 1. The largest absolute Gasteiger partial charge is 0.508 e. The summed E-state index contributed by atoms with van der Waals surface area (Å²) in [5.74, 6) is 1.76. The number of hydrogen-bond acceptors (Lipinski definition) is 3. The van der Waals surface area contributed by atoms with Gasteiger partial charge in [0.15, 0.2) is 11.5 Å². The lowest BCUT2D eigenvalue weighted by molar-refractivity contribution is 0.284. The summed E-state index contributed by atoms with van der Waals surface area (Å²) >= 11 is 0. The van der Waals surface area contributed by atoms with E-state index in [0.29, 0.717) is 30.3 Å². The molecule has 3 heteroatoms. The first-order valence-corrected chi connectivity index (χ1v) is 9.37. The lowest BCUT2D eigenvalue weighted by Crippen LogP contribution is -1.97. The fraction of sp³-hybridized carbons (Fsp3) is 0.200. The van der Waals surface area contributed by atoms with Crippen molar-refractivity contribution in [3.05, 3.63) is 94.6 Å². The molecule has 0 atom stereocenters. The zero-order valence-corrected chi connectivity index (χ0v) is 16.6. The van der Waals surface area contributed by atoms with Crippen molar-refractivity contribution >= 4 is 6.08 Å². The van der Waals surface area contributed by atoms with Crippen molar-refractivity contribution < 1.29 is 14.6 Å². The van der Waals surface area contributed by atoms with Crippen molar-refractivity contribution in [3.63, 3.8) is 0 Å². The summed E-state index contributed by atoms with van der Waals surface area (Å²) in [6.07, 6.45) is 4.75. The fourth-order valence-electron chi connectivity index (χ4n) is 2.99. The molecule has 0 bridgehead atoms. The van der Waals surface area contributed by atoms with Crippen molar-refractivity contribution in [1.29, 1.82) is 0 Å². The molecule has 0 saturated heterocycles. The van der Waals surface area contributed by atoms with Gasteiger partial charge in [-0.2, -0.15) is 0 Å². The molecule has 0 amide bonds. The molecule has 0 fully saturated rings. The van der Waals surface area contributed by atoms with Crippen LogP contribution < -0.4 is 9.47 Å². The zero-order chi connectivity index (χ0) is 19.9. The quantitative estimate of drug-likeness (QED) is 0.563. The number of phenolic OH excluding ortho intramolecular Hbond substituents is 1. The first-order valence-electron chi connectivity index (χ1n) is 9.37. The Labute approximate surface area is 166 Å². The van der Waals surface area contributed by atoms with E-state index < -0.39 is 0 Å². The van der Waals surface area contributed by atoms with Gasteiger partial charge in [-0.1, -0.05) is 54.6 Å². The van der Waals surface area contributed by atoms with Gasteiger partial charge in [0.25, 0.3) is 0 Å². The number of methoxy groups -OCH3 is 1. The van der Waals surface area contributed by atoms with Crippen LogP contribution in [-0.4, -0.2) is 12.2 Å². The van der Waals surface area contributed by atoms with E-state index in [1.54, 1.807) is 7.11 Å². The minimum atomic E-state index is 0.342. The van der Waals surface area contributed by atoms with Crippen LogP contribution in [0, 0.1) is 13.8 Å². The summed E-state index contributed by atoms with van der Waals surface area (Å²) in [5, 5.41) is 10.1. The maximum absolute atomic E-state index is 10.1. The average molecular weight is 374 g/mol. The van der Waals surface area contributed by atoms with Gasteiger partial charge >= 0.3 is 0 Å². The Morgan fingerprint density at radius 2 is 1.64 bits per heavy atom. The molecule has 3 aromatic rings. The standard InChI is InChI=1S/C25H26O3/c1-18-14-22(23(26)15-19(18)2)11-7-10-20-12-13-24(27-3)25(16-20)28-17-21-8-5-4-6-9-21/h4-10,12-16,26H,11,17H2,1-3H3/b10-7+. The first-order chi connectivity index (χ1) is 13.6. The number of ether oxygens (including phenoxy) is 2. The molecule has 144 valence electrons. The van der Waals surface area contributed by atoms with E-state index in [1.165, 1.54) is 5.56 Å². The molecule has 0 aliphatic rings. The molecule has 0 aliphatic carbocycles. The van der Waals surface area contributed by atoms with Gasteiger partial charge in [0.05, 0.1) is 7.11 Å². The fourth-order valence-corrected chi connectivity index (χ4v) is 2.99. The predicted molar refractivity (Wildman–Crippen MR) is 114 cm³/mol. The van der Waals surface area contributed by atoms with Crippen LogP contribution in [0.25, 0.3) is 6.08 Å². The zero-order valence-electron chi connectivity index (χ0n) is 16.6. The average Bonchev–Trinajstić information content (AvgIpc) is 2.71. The Morgan fingerprint density at radius 3 is 2.39 bits per heavy atom. The number of allylic oxidation sites excluding steroid dienone is 1. The molecule has 3 nitrogen and oxygen atoms in total. The molecule has 3 aromatic carbocycles. The summed E-state index contributed by atoms with van der Waals surface area (Å²) in [6.45, 7) is 4.55. The third-order valence-electron chi connectivity index (χ3n) is 4.77. The van der Waals surface area contributed by atoms with Crippen molar-refractivity contribution in [1.82, 2.24) is 0 Å². The van der Waals surface area contributed by atoms with Crippen LogP contribution in [0.5, 0.6) is 17.2 Å². The molecule has 0 saturated carbocycles. The number of aryl methyl sites for hydroxylation is 2. The van der Waals surface area contributed by atoms with Crippen molar-refractivity contribution in [2.75, 3.05) is 7.11 Å². The van der Waals surface area contributed by atoms with E-state index in [1.807, 2.05) is 79.7 Å². The highest BCUT2D eigenvalue weighted by molar-refractivity contribution is 5.56. The molecule has 0 aliphatic heterocycles. The summed E-state index contributed by atoms with van der Waals surface area (Å²) in [7, 11) is 1.64. The van der Waals surface area contributed by atoms with E-state index in [9.17, 15) is 5.11 Å². The van der Waals surface area contributed by atoms with Crippen LogP contribution in [0.15, 0.2) is 66.7 Å². The van der Waals surface area contributed by atoms with Crippen molar-refractivity contribution in [2.24, 2.45) is 0 Å². The highest BCUT2D eigenvalue weighted by Crippen LogP contribution is 2.29. The maximum atomic E-state index is 10.1. The number of hydrogen-bond donors (Lipinski definition) is 1. The van der Waals surface area contributed by atoms with Gasteiger partial charge in [0, 0.05) is 0 Å². The molecule has 0 unspecified atom stereocenters. The molecule has 0 spiro atoms. The second kappa shape index (κ2) is 9.14. The minimum Gasteiger partial charge on any atom is -0.508 e. The Hall–Kier alpha value is -3.20. The van der Waals surface area contributed by atoms with Crippen LogP contribution in [0.2, 0.25) is 0 Å². The minimum absolute atomic E-state index is 0.342. The summed E-state index contributed by atoms with van der Waals surface area (Å²) < 4.78 is 11.4. The Bertz CT molecular complexity index is 959. The Balaban J connectivity index is 1.72. The lowest BCUT2D eigenvalue weighted by Gasteiger charge is -2.11. The highest BCUT2D eigenvalue weighted by atomic mass is 16.5. The molecular formula is C25H26O3. The van der Waals surface area contributed by atoms with Gasteiger partial charge in [0.1, 0.15) is 12.4 Å². The van der Waals surface area contributed by atoms with Crippen LogP contribution in [-0.2, 0) is 13.0 Å². The van der Waals surface area contributed by atoms with Gasteiger partial charge in [0.2, 0.25) is 0 Å². The van der Waals surface area contributed by atoms with Crippen LogP contribution in [0.4, 0.5) is 0 Å². The number of rotatable bonds is 7. The first kappa shape index (κ1) is 19.6. The summed E-state index contributed by atoms with van der Waals surface area (Å²) in [5.41, 5.74) is 5.33. The summed E-state index contributed by atoms with van der Waals surface area (Å²) in [4.78, 5) is 0. The number of aromatic hydroxyl groups is 1. The highest BCUT2D eigenvalue weighted by Gasteiger charge is 2.06. The topological polar surface area (TPSA) is 38.7 Å².